The second-order valence-electron chi connectivity index (χ2n) is 6.60. The van der Waals surface area contributed by atoms with Gasteiger partial charge in [0.25, 0.3) is 5.56 Å². The van der Waals surface area contributed by atoms with Crippen LogP contribution < -0.4 is 10.5 Å². The molecular formula is C18H23N5O. The number of aryl methyl sites for hydroxylation is 2. The van der Waals surface area contributed by atoms with Crippen LogP contribution in [0.2, 0.25) is 0 Å². The van der Waals surface area contributed by atoms with Gasteiger partial charge in [0.2, 0.25) is 0 Å². The Bertz CT molecular complexity index is 750. The average molecular weight is 325 g/mol. The zero-order valence-corrected chi connectivity index (χ0v) is 13.9. The Morgan fingerprint density at radius 1 is 1.04 bits per heavy atom. The maximum absolute atomic E-state index is 12.3. The van der Waals surface area contributed by atoms with Gasteiger partial charge in [-0.15, -0.1) is 0 Å². The lowest BCUT2D eigenvalue weighted by Crippen LogP contribution is -2.48. The molecule has 0 bridgehead atoms. The third kappa shape index (κ3) is 3.19. The number of fused-ring (bicyclic) bond motifs is 1. The van der Waals surface area contributed by atoms with Crippen LogP contribution in [0.1, 0.15) is 24.1 Å². The molecule has 1 fully saturated rings. The number of pyridine rings is 1. The van der Waals surface area contributed by atoms with Crippen LogP contribution in [0.25, 0.3) is 0 Å². The van der Waals surface area contributed by atoms with Crippen LogP contribution >= 0.6 is 0 Å². The molecule has 2 aliphatic rings. The van der Waals surface area contributed by atoms with Crippen molar-refractivity contribution in [2.45, 2.75) is 32.4 Å². The van der Waals surface area contributed by atoms with Gasteiger partial charge < -0.3 is 4.90 Å². The lowest BCUT2D eigenvalue weighted by Gasteiger charge is -2.35. The number of hydrogen-bond acceptors (Lipinski definition) is 5. The molecule has 2 aromatic heterocycles. The maximum Gasteiger partial charge on any atom is 0.268 e. The molecule has 0 saturated carbocycles. The summed E-state index contributed by atoms with van der Waals surface area (Å²) in [6.45, 7) is 4.28. The molecule has 0 N–H and O–H groups in total. The Balaban J connectivity index is 1.41. The van der Waals surface area contributed by atoms with Crippen molar-refractivity contribution in [3.63, 3.8) is 0 Å². The predicted molar refractivity (Wildman–Crippen MR) is 93.2 cm³/mol. The Kier molecular flexibility index (Phi) is 4.30. The molecule has 126 valence electrons. The monoisotopic (exact) mass is 325 g/mol. The van der Waals surface area contributed by atoms with Gasteiger partial charge in [-0.3, -0.25) is 9.69 Å². The number of piperazine rings is 1. The van der Waals surface area contributed by atoms with Crippen molar-refractivity contribution in [2.75, 3.05) is 31.1 Å². The molecule has 1 aliphatic carbocycles. The summed E-state index contributed by atoms with van der Waals surface area (Å²) >= 11 is 0. The average Bonchev–Trinajstić information content (AvgIpc) is 2.64. The Morgan fingerprint density at radius 2 is 1.88 bits per heavy atom. The van der Waals surface area contributed by atoms with Crippen molar-refractivity contribution in [1.82, 2.24) is 19.7 Å². The van der Waals surface area contributed by atoms with E-state index in [0.717, 1.165) is 56.1 Å². The maximum atomic E-state index is 12.3. The normalized spacial score (nSPS) is 18.4. The molecule has 1 saturated heterocycles. The smallest absolute Gasteiger partial charge is 0.268 e. The summed E-state index contributed by atoms with van der Waals surface area (Å²) in [5, 5.41) is 4.62. The fraction of sp³-hybridized carbons (Fsp3) is 0.500. The third-order valence-electron chi connectivity index (χ3n) is 4.95. The van der Waals surface area contributed by atoms with Gasteiger partial charge in [0.05, 0.1) is 12.4 Å². The summed E-state index contributed by atoms with van der Waals surface area (Å²) < 4.78 is 1.64. The summed E-state index contributed by atoms with van der Waals surface area (Å²) in [5.74, 6) is 1.03. The minimum Gasteiger partial charge on any atom is -0.354 e. The van der Waals surface area contributed by atoms with E-state index in [0.29, 0.717) is 6.67 Å². The Morgan fingerprint density at radius 3 is 2.67 bits per heavy atom. The zero-order chi connectivity index (χ0) is 16.4. The van der Waals surface area contributed by atoms with Crippen LogP contribution in [0.4, 0.5) is 5.82 Å². The topological polar surface area (TPSA) is 54.3 Å². The SMILES string of the molecule is O=c1cc2c(nn1CN1CCN(c3ccccn3)CC1)CCCC2. The highest BCUT2D eigenvalue weighted by atomic mass is 16.1. The fourth-order valence-electron chi connectivity index (χ4n) is 3.55. The van der Waals surface area contributed by atoms with Gasteiger partial charge >= 0.3 is 0 Å². The molecule has 6 nitrogen and oxygen atoms in total. The molecule has 2 aromatic rings. The van der Waals surface area contributed by atoms with Crippen molar-refractivity contribution >= 4 is 5.82 Å². The first kappa shape index (κ1) is 15.3. The van der Waals surface area contributed by atoms with E-state index in [4.69, 9.17) is 0 Å². The first-order valence-electron chi connectivity index (χ1n) is 8.78. The Labute approximate surface area is 141 Å². The van der Waals surface area contributed by atoms with Gasteiger partial charge in [-0.05, 0) is 43.4 Å². The van der Waals surface area contributed by atoms with Gasteiger partial charge in [0.1, 0.15) is 5.82 Å². The zero-order valence-electron chi connectivity index (χ0n) is 13.9. The Hall–Kier alpha value is -2.21. The van der Waals surface area contributed by atoms with E-state index in [9.17, 15) is 4.79 Å². The standard InChI is InChI=1S/C18H23N5O/c24-18-13-15-5-1-2-6-16(15)20-23(18)14-21-9-11-22(12-10-21)17-7-3-4-8-19-17/h3-4,7-8,13H,1-2,5-6,9-12,14H2. The molecule has 24 heavy (non-hydrogen) atoms. The summed E-state index contributed by atoms with van der Waals surface area (Å²) in [7, 11) is 0. The second kappa shape index (κ2) is 6.73. The van der Waals surface area contributed by atoms with Crippen molar-refractivity contribution in [3.8, 4) is 0 Å². The van der Waals surface area contributed by atoms with E-state index < -0.39 is 0 Å². The van der Waals surface area contributed by atoms with E-state index in [1.807, 2.05) is 24.4 Å². The first-order valence-corrected chi connectivity index (χ1v) is 8.78. The van der Waals surface area contributed by atoms with E-state index in [2.05, 4.69) is 19.9 Å². The van der Waals surface area contributed by atoms with Crippen LogP contribution in [-0.4, -0.2) is 45.8 Å². The van der Waals surface area contributed by atoms with E-state index in [1.54, 1.807) is 10.7 Å². The van der Waals surface area contributed by atoms with Crippen molar-refractivity contribution in [1.29, 1.82) is 0 Å². The summed E-state index contributed by atoms with van der Waals surface area (Å²) in [6, 6.07) is 7.80. The first-order chi connectivity index (χ1) is 11.8. The number of aromatic nitrogens is 3. The van der Waals surface area contributed by atoms with Gasteiger partial charge in [0.15, 0.2) is 0 Å². The van der Waals surface area contributed by atoms with Gasteiger partial charge in [-0.2, -0.15) is 5.10 Å². The molecule has 0 aromatic carbocycles. The van der Waals surface area contributed by atoms with Crippen LogP contribution in [0, 0.1) is 0 Å². The molecule has 0 amide bonds. The van der Waals surface area contributed by atoms with Crippen LogP contribution in [0.15, 0.2) is 35.3 Å². The summed E-state index contributed by atoms with van der Waals surface area (Å²) in [6.07, 6.45) is 6.19. The number of rotatable bonds is 3. The highest BCUT2D eigenvalue weighted by molar-refractivity contribution is 5.38. The molecule has 0 spiro atoms. The highest BCUT2D eigenvalue weighted by Crippen LogP contribution is 2.17. The molecule has 4 rings (SSSR count). The van der Waals surface area contributed by atoms with Crippen LogP contribution in [0.5, 0.6) is 0 Å². The minimum atomic E-state index is 0.0304. The number of hydrogen-bond donors (Lipinski definition) is 0. The van der Waals surface area contributed by atoms with Crippen LogP contribution in [0.3, 0.4) is 0 Å². The third-order valence-corrected chi connectivity index (χ3v) is 4.95. The molecule has 0 atom stereocenters. The van der Waals surface area contributed by atoms with Crippen molar-refractivity contribution < 1.29 is 0 Å². The summed E-state index contributed by atoms with van der Waals surface area (Å²) in [4.78, 5) is 21.3. The van der Waals surface area contributed by atoms with Crippen molar-refractivity contribution in [2.24, 2.45) is 0 Å². The number of nitrogens with zero attached hydrogens (tertiary/aromatic N) is 5. The molecule has 0 unspecified atom stereocenters. The molecule has 0 radical (unpaired) electrons. The minimum absolute atomic E-state index is 0.0304. The lowest BCUT2D eigenvalue weighted by molar-refractivity contribution is 0.190. The molecule has 6 heteroatoms. The van der Waals surface area contributed by atoms with Gasteiger partial charge in [-0.1, -0.05) is 6.07 Å². The predicted octanol–water partition coefficient (Wildman–Crippen LogP) is 1.30. The van der Waals surface area contributed by atoms with Gasteiger partial charge in [0, 0.05) is 38.4 Å². The van der Waals surface area contributed by atoms with Gasteiger partial charge in [-0.25, -0.2) is 9.67 Å². The molecule has 1 aliphatic heterocycles. The largest absolute Gasteiger partial charge is 0.354 e. The molecule has 3 heterocycles. The van der Waals surface area contributed by atoms with Crippen LogP contribution in [-0.2, 0) is 19.5 Å². The highest BCUT2D eigenvalue weighted by Gasteiger charge is 2.19. The van der Waals surface area contributed by atoms with E-state index in [-0.39, 0.29) is 5.56 Å². The van der Waals surface area contributed by atoms with E-state index >= 15 is 0 Å². The lowest BCUT2D eigenvalue weighted by atomic mass is 9.97. The second-order valence-corrected chi connectivity index (χ2v) is 6.60. The molecular weight excluding hydrogens is 302 g/mol. The quantitative estimate of drug-likeness (QED) is 0.851. The summed E-state index contributed by atoms with van der Waals surface area (Å²) in [5.41, 5.74) is 2.30. The number of anilines is 1. The van der Waals surface area contributed by atoms with Crippen molar-refractivity contribution in [3.05, 3.63) is 52.1 Å². The van der Waals surface area contributed by atoms with E-state index in [1.165, 1.54) is 12.8 Å². The fourth-order valence-corrected chi connectivity index (χ4v) is 3.55.